The van der Waals surface area contributed by atoms with Gasteiger partial charge in [-0.3, -0.25) is 4.79 Å². The van der Waals surface area contributed by atoms with Crippen LogP contribution in [0.1, 0.15) is 23.2 Å². The van der Waals surface area contributed by atoms with Crippen molar-refractivity contribution < 1.29 is 4.79 Å². The van der Waals surface area contributed by atoms with Gasteiger partial charge in [0.05, 0.1) is 11.3 Å². The van der Waals surface area contributed by atoms with Crippen LogP contribution in [0.15, 0.2) is 66.9 Å². The van der Waals surface area contributed by atoms with Gasteiger partial charge in [0, 0.05) is 24.3 Å². The molecule has 1 unspecified atom stereocenters. The summed E-state index contributed by atoms with van der Waals surface area (Å²) in [7, 11) is 0. The number of benzene rings is 2. The maximum Gasteiger partial charge on any atom is 0.255 e. The van der Waals surface area contributed by atoms with Gasteiger partial charge in [-0.2, -0.15) is 5.10 Å². The van der Waals surface area contributed by atoms with E-state index < -0.39 is 0 Å². The van der Waals surface area contributed by atoms with Crippen LogP contribution < -0.4 is 10.6 Å². The molecule has 1 aromatic heterocycles. The van der Waals surface area contributed by atoms with Gasteiger partial charge in [-0.15, -0.1) is 12.4 Å². The van der Waals surface area contributed by atoms with Crippen LogP contribution >= 0.6 is 12.4 Å². The number of rotatable bonds is 5. The number of hydrogen-bond acceptors (Lipinski definition) is 3. The lowest BCUT2D eigenvalue weighted by Crippen LogP contribution is -2.37. The van der Waals surface area contributed by atoms with Crippen LogP contribution in [0, 0.1) is 0 Å². The Labute approximate surface area is 165 Å². The summed E-state index contributed by atoms with van der Waals surface area (Å²) in [4.78, 5) is 12.8. The average Bonchev–Trinajstić information content (AvgIpc) is 3.37. The summed E-state index contributed by atoms with van der Waals surface area (Å²) >= 11 is 0. The Morgan fingerprint density at radius 1 is 1.11 bits per heavy atom. The SMILES string of the molecule is Cl.O=C(NCC1CCCN1)c1cn(-c2ccccc2)nc1-c1ccccc1. The fourth-order valence-electron chi connectivity index (χ4n) is 3.30. The van der Waals surface area contributed by atoms with Crippen molar-refractivity contribution in [1.82, 2.24) is 20.4 Å². The molecule has 0 spiro atoms. The number of amides is 1. The normalized spacial score (nSPS) is 15.9. The molecule has 3 aromatic rings. The van der Waals surface area contributed by atoms with Crippen LogP contribution in [0.2, 0.25) is 0 Å². The molecule has 2 aromatic carbocycles. The highest BCUT2D eigenvalue weighted by Crippen LogP contribution is 2.23. The summed E-state index contributed by atoms with van der Waals surface area (Å²) in [5.74, 6) is -0.0836. The number of carbonyl (C=O) groups is 1. The van der Waals surface area contributed by atoms with Crippen LogP contribution in [0.3, 0.4) is 0 Å². The van der Waals surface area contributed by atoms with Gasteiger partial charge in [0.1, 0.15) is 5.69 Å². The highest BCUT2D eigenvalue weighted by atomic mass is 35.5. The minimum Gasteiger partial charge on any atom is -0.350 e. The van der Waals surface area contributed by atoms with E-state index in [1.807, 2.05) is 66.9 Å². The van der Waals surface area contributed by atoms with Gasteiger partial charge in [0.25, 0.3) is 5.91 Å². The van der Waals surface area contributed by atoms with Crippen LogP contribution in [-0.2, 0) is 0 Å². The minimum absolute atomic E-state index is 0. The first-order valence-electron chi connectivity index (χ1n) is 9.03. The Morgan fingerprint density at radius 2 is 1.81 bits per heavy atom. The number of halogens is 1. The molecular weight excluding hydrogens is 360 g/mol. The van der Waals surface area contributed by atoms with E-state index in [1.54, 1.807) is 4.68 Å². The van der Waals surface area contributed by atoms with Gasteiger partial charge in [-0.05, 0) is 31.5 Å². The second-order valence-corrected chi connectivity index (χ2v) is 6.54. The highest BCUT2D eigenvalue weighted by molar-refractivity contribution is 5.99. The summed E-state index contributed by atoms with van der Waals surface area (Å²) < 4.78 is 1.77. The van der Waals surface area contributed by atoms with E-state index in [4.69, 9.17) is 5.10 Å². The van der Waals surface area contributed by atoms with Gasteiger partial charge >= 0.3 is 0 Å². The van der Waals surface area contributed by atoms with Crippen molar-refractivity contribution in [3.8, 4) is 16.9 Å². The standard InChI is InChI=1S/C21H22N4O.ClH/c26-21(23-14-17-10-7-13-22-17)19-15-25(18-11-5-2-6-12-18)24-20(19)16-8-3-1-4-9-16;/h1-6,8-9,11-12,15,17,22H,7,10,13-14H2,(H,23,26);1H. The summed E-state index contributed by atoms with van der Waals surface area (Å²) in [5.41, 5.74) is 3.16. The number of aromatic nitrogens is 2. The predicted molar refractivity (Wildman–Crippen MR) is 110 cm³/mol. The first-order chi connectivity index (χ1) is 12.8. The molecule has 4 rings (SSSR count). The van der Waals surface area contributed by atoms with Crippen molar-refractivity contribution in [2.45, 2.75) is 18.9 Å². The largest absolute Gasteiger partial charge is 0.350 e. The zero-order valence-corrected chi connectivity index (χ0v) is 15.8. The number of para-hydroxylation sites is 1. The fourth-order valence-corrected chi connectivity index (χ4v) is 3.30. The molecule has 2 N–H and O–H groups in total. The topological polar surface area (TPSA) is 59.0 Å². The molecule has 1 fully saturated rings. The number of hydrogen-bond donors (Lipinski definition) is 2. The maximum absolute atomic E-state index is 12.8. The van der Waals surface area contributed by atoms with E-state index in [-0.39, 0.29) is 18.3 Å². The lowest BCUT2D eigenvalue weighted by Gasteiger charge is -2.11. The Kier molecular flexibility index (Phi) is 6.27. The summed E-state index contributed by atoms with van der Waals surface area (Å²) in [6.45, 7) is 1.67. The quantitative estimate of drug-likeness (QED) is 0.710. The second-order valence-electron chi connectivity index (χ2n) is 6.54. The van der Waals surface area contributed by atoms with Crippen LogP contribution in [0.25, 0.3) is 16.9 Å². The molecular formula is C21H23ClN4O. The fraction of sp³-hybridized carbons (Fsp3) is 0.238. The van der Waals surface area contributed by atoms with E-state index >= 15 is 0 Å². The molecule has 0 aliphatic carbocycles. The first kappa shape index (κ1) is 19.1. The predicted octanol–water partition coefficient (Wildman–Crippen LogP) is 3.44. The van der Waals surface area contributed by atoms with Gasteiger partial charge in [-0.1, -0.05) is 48.5 Å². The monoisotopic (exact) mass is 382 g/mol. The van der Waals surface area contributed by atoms with Crippen molar-refractivity contribution in [2.75, 3.05) is 13.1 Å². The molecule has 6 heteroatoms. The van der Waals surface area contributed by atoms with Gasteiger partial charge < -0.3 is 10.6 Å². The molecule has 1 amide bonds. The van der Waals surface area contributed by atoms with E-state index in [1.165, 1.54) is 6.42 Å². The second kappa shape index (κ2) is 8.84. The van der Waals surface area contributed by atoms with Crippen molar-refractivity contribution in [1.29, 1.82) is 0 Å². The van der Waals surface area contributed by atoms with E-state index in [0.717, 1.165) is 24.2 Å². The maximum atomic E-state index is 12.8. The Morgan fingerprint density at radius 3 is 2.48 bits per heavy atom. The van der Waals surface area contributed by atoms with Gasteiger partial charge in [0.15, 0.2) is 0 Å². The summed E-state index contributed by atoms with van der Waals surface area (Å²) in [6.07, 6.45) is 4.09. The van der Waals surface area contributed by atoms with Crippen molar-refractivity contribution in [3.05, 3.63) is 72.4 Å². The molecule has 0 bridgehead atoms. The number of carbonyl (C=O) groups excluding carboxylic acids is 1. The zero-order chi connectivity index (χ0) is 17.8. The molecule has 1 saturated heterocycles. The third kappa shape index (κ3) is 4.38. The van der Waals surface area contributed by atoms with Crippen molar-refractivity contribution >= 4 is 18.3 Å². The molecule has 140 valence electrons. The zero-order valence-electron chi connectivity index (χ0n) is 15.0. The molecule has 0 saturated carbocycles. The van der Waals surface area contributed by atoms with Crippen LogP contribution in [0.5, 0.6) is 0 Å². The molecule has 27 heavy (non-hydrogen) atoms. The van der Waals surface area contributed by atoms with E-state index in [2.05, 4.69) is 10.6 Å². The minimum atomic E-state index is -0.0836. The Hall–Kier alpha value is -2.63. The number of nitrogens with one attached hydrogen (secondary N) is 2. The average molecular weight is 383 g/mol. The number of nitrogens with zero attached hydrogens (tertiary/aromatic N) is 2. The Balaban J connectivity index is 0.00000210. The van der Waals surface area contributed by atoms with E-state index in [9.17, 15) is 4.79 Å². The summed E-state index contributed by atoms with van der Waals surface area (Å²) in [6, 6.07) is 20.1. The molecule has 1 aliphatic heterocycles. The smallest absolute Gasteiger partial charge is 0.255 e. The molecule has 2 heterocycles. The van der Waals surface area contributed by atoms with Crippen LogP contribution in [0.4, 0.5) is 0 Å². The Bertz CT molecular complexity index is 874. The molecule has 1 atom stereocenters. The van der Waals surface area contributed by atoms with Gasteiger partial charge in [-0.25, -0.2) is 4.68 Å². The third-order valence-electron chi connectivity index (χ3n) is 4.70. The highest BCUT2D eigenvalue weighted by Gasteiger charge is 2.20. The van der Waals surface area contributed by atoms with Crippen molar-refractivity contribution in [2.24, 2.45) is 0 Å². The lowest BCUT2D eigenvalue weighted by molar-refractivity contribution is 0.0951. The summed E-state index contributed by atoms with van der Waals surface area (Å²) in [5, 5.41) is 11.2. The van der Waals surface area contributed by atoms with Crippen molar-refractivity contribution in [3.63, 3.8) is 0 Å². The molecule has 0 radical (unpaired) electrons. The molecule has 5 nitrogen and oxygen atoms in total. The van der Waals surface area contributed by atoms with Crippen LogP contribution in [-0.4, -0.2) is 34.8 Å². The lowest BCUT2D eigenvalue weighted by atomic mass is 10.1. The van der Waals surface area contributed by atoms with Gasteiger partial charge in [0.2, 0.25) is 0 Å². The first-order valence-corrected chi connectivity index (χ1v) is 9.03. The third-order valence-corrected chi connectivity index (χ3v) is 4.70. The molecule has 1 aliphatic rings. The van der Waals surface area contributed by atoms with E-state index in [0.29, 0.717) is 23.8 Å².